The summed E-state index contributed by atoms with van der Waals surface area (Å²) in [6.45, 7) is 0. The number of halogens is 2. The highest BCUT2D eigenvalue weighted by atomic mass is 35.5. The van der Waals surface area contributed by atoms with Gasteiger partial charge in [-0.2, -0.15) is 5.26 Å². The predicted octanol–water partition coefficient (Wildman–Crippen LogP) is 2.78. The lowest BCUT2D eigenvalue weighted by Gasteiger charge is -1.98. The van der Waals surface area contributed by atoms with Gasteiger partial charge >= 0.3 is 0 Å². The molecule has 0 atom stereocenters. The first-order valence-corrected chi connectivity index (χ1v) is 3.51. The first-order chi connectivity index (χ1) is 5.15. The summed E-state index contributed by atoms with van der Waals surface area (Å²) in [6.07, 6.45) is 0. The summed E-state index contributed by atoms with van der Waals surface area (Å²) >= 11 is 11.1. The van der Waals surface area contributed by atoms with E-state index < -0.39 is 0 Å². The van der Waals surface area contributed by atoms with Crippen LogP contribution in [0.15, 0.2) is 12.1 Å². The maximum absolute atomic E-state index is 8.45. The first kappa shape index (κ1) is 8.19. The smallest absolute Gasteiger partial charge is 0.0992 e. The molecule has 0 heterocycles. The van der Waals surface area contributed by atoms with E-state index in [9.17, 15) is 0 Å². The monoisotopic (exact) mass is 185 g/mol. The van der Waals surface area contributed by atoms with Gasteiger partial charge in [-0.1, -0.05) is 23.2 Å². The number of nitrogens with zero attached hydrogens (tertiary/aromatic N) is 1. The summed E-state index contributed by atoms with van der Waals surface area (Å²) in [7, 11) is 0. The molecule has 11 heavy (non-hydrogen) atoms. The van der Waals surface area contributed by atoms with Gasteiger partial charge in [-0.25, -0.2) is 0 Å². The third-order valence-corrected chi connectivity index (χ3v) is 1.77. The van der Waals surface area contributed by atoms with Crippen LogP contribution in [0.3, 0.4) is 0 Å². The topological polar surface area (TPSA) is 47.6 Å². The van der Waals surface area contributed by atoms with Gasteiger partial charge in [-0.05, 0) is 12.1 Å². The predicted molar refractivity (Wildman–Crippen MR) is 43.9 cm³/mol. The van der Waals surface area contributed by atoms with E-state index in [2.05, 4.69) is 0 Å². The second-order valence-electron chi connectivity index (χ2n) is 1.93. The van der Waals surface area contributed by atoms with Crippen LogP contribution in [0.25, 0.3) is 0 Å². The summed E-state index contributed by atoms with van der Waals surface area (Å²) in [5, 5.41) is 8.85. The molecule has 0 aromatic heterocycles. The number of rotatable bonds is 0. The minimum absolute atomic E-state index is 0.0623. The number of hydrogen-bond donors (Lipinski definition) is 0. The van der Waals surface area contributed by atoms with Crippen molar-refractivity contribution >= 4 is 28.9 Å². The van der Waals surface area contributed by atoms with Crippen LogP contribution >= 0.6 is 23.2 Å². The molecule has 0 saturated heterocycles. The Morgan fingerprint density at radius 2 is 1.73 bits per heavy atom. The van der Waals surface area contributed by atoms with Gasteiger partial charge in [0.2, 0.25) is 0 Å². The van der Waals surface area contributed by atoms with Gasteiger partial charge in [0.05, 0.1) is 27.4 Å². The Morgan fingerprint density at radius 3 is 2.09 bits per heavy atom. The lowest BCUT2D eigenvalue weighted by Crippen LogP contribution is -1.78. The zero-order valence-electron chi connectivity index (χ0n) is 5.36. The summed E-state index contributed by atoms with van der Waals surface area (Å²) in [6, 6.07) is 4.71. The van der Waals surface area contributed by atoms with Crippen LogP contribution in [0.4, 0.5) is 5.69 Å². The molecule has 4 heteroatoms. The van der Waals surface area contributed by atoms with E-state index in [1.807, 2.05) is 6.07 Å². The van der Waals surface area contributed by atoms with Crippen molar-refractivity contribution in [3.63, 3.8) is 0 Å². The highest BCUT2D eigenvalue weighted by Crippen LogP contribution is 2.29. The maximum atomic E-state index is 8.45. The standard InChI is InChI=1S/C7H3Cl2N2/c8-5-1-4(3-10)2-6(9)7(5)11/h1-2,11H. The SMILES string of the molecule is N#Cc1cc(Cl)c([NH])c(Cl)c1. The zero-order chi connectivity index (χ0) is 8.43. The van der Waals surface area contributed by atoms with Gasteiger partial charge in [-0.15, -0.1) is 0 Å². The Hall–Kier alpha value is -0.910. The molecule has 55 valence electrons. The Balaban J connectivity index is 3.35. The van der Waals surface area contributed by atoms with E-state index in [1.165, 1.54) is 12.1 Å². The van der Waals surface area contributed by atoms with E-state index in [-0.39, 0.29) is 15.7 Å². The molecule has 1 radical (unpaired) electrons. The van der Waals surface area contributed by atoms with Crippen molar-refractivity contribution in [2.75, 3.05) is 0 Å². The van der Waals surface area contributed by atoms with E-state index in [0.717, 1.165) is 0 Å². The molecule has 0 spiro atoms. The molecule has 0 unspecified atom stereocenters. The minimum Gasteiger partial charge on any atom is -0.298 e. The highest BCUT2D eigenvalue weighted by Gasteiger charge is 2.03. The molecule has 0 amide bonds. The van der Waals surface area contributed by atoms with Gasteiger partial charge < -0.3 is 0 Å². The lowest BCUT2D eigenvalue weighted by atomic mass is 10.2. The van der Waals surface area contributed by atoms with Gasteiger partial charge in [-0.3, -0.25) is 5.73 Å². The second-order valence-corrected chi connectivity index (χ2v) is 2.74. The summed E-state index contributed by atoms with van der Waals surface area (Å²) in [5.41, 5.74) is 7.68. The van der Waals surface area contributed by atoms with Crippen LogP contribution < -0.4 is 5.73 Å². The number of benzene rings is 1. The van der Waals surface area contributed by atoms with Crippen LogP contribution in [0.1, 0.15) is 5.56 Å². The molecule has 0 fully saturated rings. The largest absolute Gasteiger partial charge is 0.298 e. The Kier molecular flexibility index (Phi) is 2.23. The van der Waals surface area contributed by atoms with Crippen molar-refractivity contribution in [1.29, 1.82) is 5.26 Å². The molecule has 1 rings (SSSR count). The van der Waals surface area contributed by atoms with E-state index in [0.29, 0.717) is 5.56 Å². The molecule has 0 aliphatic carbocycles. The molecule has 0 bridgehead atoms. The third kappa shape index (κ3) is 1.56. The molecule has 1 N–H and O–H groups in total. The van der Waals surface area contributed by atoms with Crippen molar-refractivity contribution in [1.82, 2.24) is 5.73 Å². The van der Waals surface area contributed by atoms with Gasteiger partial charge in [0, 0.05) is 0 Å². The third-order valence-electron chi connectivity index (χ3n) is 1.17. The second kappa shape index (κ2) is 3.00. The van der Waals surface area contributed by atoms with Crippen LogP contribution in [-0.2, 0) is 0 Å². The average Bonchev–Trinajstić information content (AvgIpc) is 1.99. The summed E-state index contributed by atoms with van der Waals surface area (Å²) in [4.78, 5) is 0. The summed E-state index contributed by atoms with van der Waals surface area (Å²) in [5.74, 6) is 0. The summed E-state index contributed by atoms with van der Waals surface area (Å²) < 4.78 is 0. The van der Waals surface area contributed by atoms with Crippen molar-refractivity contribution in [2.45, 2.75) is 0 Å². The fraction of sp³-hybridized carbons (Fsp3) is 0. The van der Waals surface area contributed by atoms with Crippen molar-refractivity contribution in [3.05, 3.63) is 27.7 Å². The minimum atomic E-state index is 0.0623. The molecule has 2 nitrogen and oxygen atoms in total. The number of hydrogen-bond acceptors (Lipinski definition) is 1. The molecule has 0 aliphatic rings. The molecular weight excluding hydrogens is 183 g/mol. The van der Waals surface area contributed by atoms with Crippen molar-refractivity contribution in [3.8, 4) is 6.07 Å². The Morgan fingerprint density at radius 1 is 1.27 bits per heavy atom. The number of nitrogens with one attached hydrogen (secondary N) is 1. The lowest BCUT2D eigenvalue weighted by molar-refractivity contribution is 1.44. The first-order valence-electron chi connectivity index (χ1n) is 2.76. The fourth-order valence-corrected chi connectivity index (χ4v) is 1.12. The van der Waals surface area contributed by atoms with E-state index in [4.69, 9.17) is 34.2 Å². The zero-order valence-corrected chi connectivity index (χ0v) is 6.87. The molecule has 0 aliphatic heterocycles. The van der Waals surface area contributed by atoms with Crippen molar-refractivity contribution in [2.24, 2.45) is 0 Å². The van der Waals surface area contributed by atoms with Crippen LogP contribution in [-0.4, -0.2) is 0 Å². The number of nitriles is 1. The highest BCUT2D eigenvalue weighted by molar-refractivity contribution is 6.38. The van der Waals surface area contributed by atoms with Crippen molar-refractivity contribution < 1.29 is 0 Å². The van der Waals surface area contributed by atoms with E-state index >= 15 is 0 Å². The molecule has 1 aromatic rings. The normalized spacial score (nSPS) is 9.18. The van der Waals surface area contributed by atoms with Crippen LogP contribution in [0.5, 0.6) is 0 Å². The van der Waals surface area contributed by atoms with Crippen LogP contribution in [0.2, 0.25) is 10.0 Å². The van der Waals surface area contributed by atoms with Gasteiger partial charge in [0.1, 0.15) is 0 Å². The Bertz CT molecular complexity index is 305. The van der Waals surface area contributed by atoms with Gasteiger partial charge in [0.25, 0.3) is 0 Å². The fourth-order valence-electron chi connectivity index (χ4n) is 0.638. The molecule has 0 saturated carbocycles. The van der Waals surface area contributed by atoms with E-state index in [1.54, 1.807) is 0 Å². The molecule has 1 aromatic carbocycles. The van der Waals surface area contributed by atoms with Gasteiger partial charge in [0.15, 0.2) is 0 Å². The molecular formula is C7H3Cl2N2. The maximum Gasteiger partial charge on any atom is 0.0992 e. The Labute approximate surface area is 74.1 Å². The van der Waals surface area contributed by atoms with Crippen LogP contribution in [0, 0.1) is 11.3 Å². The average molecular weight is 186 g/mol. The quantitative estimate of drug-likeness (QED) is 0.614.